The fraction of sp³-hybridized carbons (Fsp3) is 0.278. The number of nitrogens with one attached hydrogen (secondary N) is 1. The number of anilines is 1. The normalized spacial score (nSPS) is 22.1. The highest BCUT2D eigenvalue weighted by Crippen LogP contribution is 2.43. The van der Waals surface area contributed by atoms with Gasteiger partial charge in [-0.25, -0.2) is 9.37 Å². The van der Waals surface area contributed by atoms with E-state index in [4.69, 9.17) is 22.1 Å². The summed E-state index contributed by atoms with van der Waals surface area (Å²) in [7, 11) is 0. The van der Waals surface area contributed by atoms with Crippen LogP contribution in [0.3, 0.4) is 0 Å². The van der Waals surface area contributed by atoms with Crippen molar-refractivity contribution in [2.24, 2.45) is 10.7 Å². The minimum Gasteiger partial charge on any atom is -0.386 e. The number of alkyl halides is 3. The van der Waals surface area contributed by atoms with Gasteiger partial charge in [0.1, 0.15) is 29.5 Å². The minimum atomic E-state index is -4.82. The minimum absolute atomic E-state index is 0.0166. The van der Waals surface area contributed by atoms with Crippen molar-refractivity contribution in [3.05, 3.63) is 58.6 Å². The van der Waals surface area contributed by atoms with Gasteiger partial charge in [-0.2, -0.15) is 13.2 Å². The Balaban J connectivity index is 1.98. The van der Waals surface area contributed by atoms with E-state index in [2.05, 4.69) is 15.3 Å². The SMILES string of the molecule is CC1(c2cc(NC(=O)c3ccc(Cl)cn3)ccc2F)N=C(N)COC1C(F)(F)F. The number of carbonyl (C=O) groups excluding carboxylic acids is 1. The van der Waals surface area contributed by atoms with Gasteiger partial charge >= 0.3 is 6.18 Å². The summed E-state index contributed by atoms with van der Waals surface area (Å²) in [6.45, 7) is 0.544. The first-order valence-electron chi connectivity index (χ1n) is 8.26. The lowest BCUT2D eigenvalue weighted by atomic mass is 9.84. The standard InChI is InChI=1S/C18H15ClF4N4O2/c1-17(16(18(21,22)23)29-8-14(24)27-17)11-6-10(3-4-12(11)20)26-15(28)13-5-2-9(19)7-25-13/h2-7,16H,8H2,1H3,(H2,24,27)(H,26,28). The molecular formula is C18H15ClF4N4O2. The van der Waals surface area contributed by atoms with E-state index in [1.807, 2.05) is 0 Å². The lowest BCUT2D eigenvalue weighted by molar-refractivity contribution is -0.238. The van der Waals surface area contributed by atoms with Crippen LogP contribution in [-0.2, 0) is 10.3 Å². The molecule has 1 aliphatic heterocycles. The lowest BCUT2D eigenvalue weighted by Crippen LogP contribution is -2.53. The highest BCUT2D eigenvalue weighted by molar-refractivity contribution is 6.30. The highest BCUT2D eigenvalue weighted by atomic mass is 35.5. The van der Waals surface area contributed by atoms with Crippen LogP contribution in [0.2, 0.25) is 5.02 Å². The number of aliphatic imine (C=N–C) groups is 1. The zero-order chi connectivity index (χ0) is 21.4. The largest absolute Gasteiger partial charge is 0.417 e. The number of amides is 1. The van der Waals surface area contributed by atoms with Crippen molar-refractivity contribution >= 4 is 29.0 Å². The van der Waals surface area contributed by atoms with Crippen LogP contribution in [0, 0.1) is 5.82 Å². The number of hydrogen-bond donors (Lipinski definition) is 2. The Morgan fingerprint density at radius 3 is 2.69 bits per heavy atom. The zero-order valence-corrected chi connectivity index (χ0v) is 15.7. The fourth-order valence-corrected chi connectivity index (χ4v) is 3.14. The zero-order valence-electron chi connectivity index (χ0n) is 14.9. The van der Waals surface area contributed by atoms with Gasteiger partial charge in [-0.15, -0.1) is 0 Å². The third-order valence-electron chi connectivity index (χ3n) is 4.31. The second-order valence-corrected chi connectivity index (χ2v) is 6.93. The topological polar surface area (TPSA) is 89.6 Å². The summed E-state index contributed by atoms with van der Waals surface area (Å²) in [6.07, 6.45) is -5.98. The van der Waals surface area contributed by atoms with Crippen LogP contribution in [0.5, 0.6) is 0 Å². The quantitative estimate of drug-likeness (QED) is 0.727. The summed E-state index contributed by atoms with van der Waals surface area (Å²) < 4.78 is 59.8. The number of nitrogens with two attached hydrogens (primary N) is 1. The molecule has 3 rings (SSSR count). The number of pyridine rings is 1. The lowest BCUT2D eigenvalue weighted by Gasteiger charge is -2.39. The number of hydrogen-bond acceptors (Lipinski definition) is 5. The average Bonchev–Trinajstić information content (AvgIpc) is 2.62. The fourth-order valence-electron chi connectivity index (χ4n) is 3.03. The van der Waals surface area contributed by atoms with E-state index in [1.54, 1.807) is 0 Å². The molecule has 1 amide bonds. The molecule has 0 saturated carbocycles. The summed E-state index contributed by atoms with van der Waals surface area (Å²) in [5, 5.41) is 2.78. The van der Waals surface area contributed by atoms with E-state index in [-0.39, 0.29) is 17.2 Å². The van der Waals surface area contributed by atoms with Gasteiger partial charge in [-0.05, 0) is 37.3 Å². The number of rotatable bonds is 3. The molecule has 0 bridgehead atoms. The van der Waals surface area contributed by atoms with Gasteiger partial charge in [0.2, 0.25) is 0 Å². The van der Waals surface area contributed by atoms with Crippen molar-refractivity contribution in [1.29, 1.82) is 0 Å². The Bertz CT molecular complexity index is 965. The Labute approximate surface area is 167 Å². The maximum atomic E-state index is 14.5. The Morgan fingerprint density at radius 1 is 1.34 bits per heavy atom. The summed E-state index contributed by atoms with van der Waals surface area (Å²) >= 11 is 5.72. The van der Waals surface area contributed by atoms with Crippen molar-refractivity contribution in [2.75, 3.05) is 11.9 Å². The molecule has 29 heavy (non-hydrogen) atoms. The van der Waals surface area contributed by atoms with Crippen molar-refractivity contribution in [3.8, 4) is 0 Å². The first kappa shape index (κ1) is 21.0. The molecule has 11 heteroatoms. The number of halogens is 5. The predicted molar refractivity (Wildman–Crippen MR) is 98.4 cm³/mol. The molecule has 2 unspecified atom stereocenters. The molecule has 3 N–H and O–H groups in total. The second-order valence-electron chi connectivity index (χ2n) is 6.49. The number of amidine groups is 1. The molecule has 1 aromatic carbocycles. The third-order valence-corrected chi connectivity index (χ3v) is 4.53. The van der Waals surface area contributed by atoms with Gasteiger partial charge in [0, 0.05) is 17.4 Å². The van der Waals surface area contributed by atoms with Crippen LogP contribution < -0.4 is 11.1 Å². The molecule has 0 radical (unpaired) electrons. The second kappa shape index (κ2) is 7.60. The number of ether oxygens (including phenoxy) is 1. The van der Waals surface area contributed by atoms with Crippen LogP contribution >= 0.6 is 11.6 Å². The molecule has 154 valence electrons. The van der Waals surface area contributed by atoms with Crippen LogP contribution in [0.4, 0.5) is 23.2 Å². The molecule has 0 fully saturated rings. The van der Waals surface area contributed by atoms with Crippen molar-refractivity contribution in [2.45, 2.75) is 24.7 Å². The molecule has 2 aromatic rings. The van der Waals surface area contributed by atoms with Gasteiger partial charge in [0.15, 0.2) is 6.10 Å². The van der Waals surface area contributed by atoms with Crippen molar-refractivity contribution in [1.82, 2.24) is 4.98 Å². The van der Waals surface area contributed by atoms with Crippen LogP contribution in [0.1, 0.15) is 23.0 Å². The first-order chi connectivity index (χ1) is 13.5. The number of benzene rings is 1. The molecule has 1 aliphatic rings. The van der Waals surface area contributed by atoms with Crippen molar-refractivity contribution in [3.63, 3.8) is 0 Å². The van der Waals surface area contributed by atoms with E-state index in [9.17, 15) is 22.4 Å². The van der Waals surface area contributed by atoms with Crippen LogP contribution in [-0.4, -0.2) is 35.6 Å². The van der Waals surface area contributed by atoms with Crippen molar-refractivity contribution < 1.29 is 27.1 Å². The van der Waals surface area contributed by atoms with Crippen LogP contribution in [0.15, 0.2) is 41.5 Å². The summed E-state index contributed by atoms with van der Waals surface area (Å²) in [6, 6.07) is 6.01. The predicted octanol–water partition coefficient (Wildman–Crippen LogP) is 3.66. The third kappa shape index (κ3) is 4.33. The number of aromatic nitrogens is 1. The smallest absolute Gasteiger partial charge is 0.386 e. The first-order valence-corrected chi connectivity index (χ1v) is 8.64. The van der Waals surface area contributed by atoms with E-state index < -0.39 is 41.7 Å². The van der Waals surface area contributed by atoms with E-state index in [1.165, 1.54) is 24.4 Å². The maximum Gasteiger partial charge on any atom is 0.417 e. The maximum absolute atomic E-state index is 14.5. The Morgan fingerprint density at radius 2 is 2.07 bits per heavy atom. The summed E-state index contributed by atoms with van der Waals surface area (Å²) in [5.74, 6) is -1.81. The molecule has 6 nitrogen and oxygen atoms in total. The average molecular weight is 431 g/mol. The molecule has 0 spiro atoms. The monoisotopic (exact) mass is 430 g/mol. The highest BCUT2D eigenvalue weighted by Gasteiger charge is 2.56. The van der Waals surface area contributed by atoms with Crippen LogP contribution in [0.25, 0.3) is 0 Å². The van der Waals surface area contributed by atoms with Gasteiger partial charge in [-0.1, -0.05) is 11.6 Å². The van der Waals surface area contributed by atoms with Gasteiger partial charge in [0.25, 0.3) is 5.91 Å². The Hall–Kier alpha value is -2.72. The summed E-state index contributed by atoms with van der Waals surface area (Å²) in [4.78, 5) is 20.0. The van der Waals surface area contributed by atoms with E-state index in [0.29, 0.717) is 5.02 Å². The Kier molecular flexibility index (Phi) is 5.50. The van der Waals surface area contributed by atoms with E-state index in [0.717, 1.165) is 19.1 Å². The van der Waals surface area contributed by atoms with Gasteiger partial charge in [0.05, 0.1) is 5.02 Å². The van der Waals surface area contributed by atoms with Gasteiger partial charge < -0.3 is 15.8 Å². The van der Waals surface area contributed by atoms with E-state index >= 15 is 0 Å². The molecule has 2 heterocycles. The molecule has 0 aliphatic carbocycles. The molecular weight excluding hydrogens is 416 g/mol. The summed E-state index contributed by atoms with van der Waals surface area (Å²) in [5.41, 5.74) is 3.02. The molecule has 0 saturated heterocycles. The molecule has 2 atom stereocenters. The molecule has 1 aromatic heterocycles. The number of carbonyl (C=O) groups is 1. The van der Waals surface area contributed by atoms with Gasteiger partial charge in [-0.3, -0.25) is 9.79 Å². The number of nitrogens with zero attached hydrogens (tertiary/aromatic N) is 2.